The van der Waals surface area contributed by atoms with Gasteiger partial charge in [-0.15, -0.1) is 0 Å². The quantitative estimate of drug-likeness (QED) is 0.460. The lowest BCUT2D eigenvalue weighted by atomic mass is 10.2. The van der Waals surface area contributed by atoms with Crippen molar-refractivity contribution in [1.82, 2.24) is 4.57 Å². The minimum absolute atomic E-state index is 0.0288. The SMILES string of the molecule is CCCn1c(=NC(=O)c2ccccc2Br)sc2cc([N+](=O)[O-])ccc21. The van der Waals surface area contributed by atoms with Gasteiger partial charge in [0.15, 0.2) is 4.80 Å². The van der Waals surface area contributed by atoms with Crippen molar-refractivity contribution in [2.24, 2.45) is 4.99 Å². The average molecular weight is 420 g/mol. The fourth-order valence-corrected chi connectivity index (χ4v) is 4.02. The van der Waals surface area contributed by atoms with Crippen molar-refractivity contribution in [1.29, 1.82) is 0 Å². The fourth-order valence-electron chi connectivity index (χ4n) is 2.48. The molecule has 0 N–H and O–H groups in total. The molecule has 0 spiro atoms. The Morgan fingerprint density at radius 3 is 2.76 bits per heavy atom. The van der Waals surface area contributed by atoms with Crippen LogP contribution in [0, 0.1) is 10.1 Å². The number of nitro benzene ring substituents is 1. The summed E-state index contributed by atoms with van der Waals surface area (Å²) in [5.41, 5.74) is 1.35. The van der Waals surface area contributed by atoms with Gasteiger partial charge in [-0.3, -0.25) is 14.9 Å². The van der Waals surface area contributed by atoms with Gasteiger partial charge in [-0.2, -0.15) is 4.99 Å². The number of thiazole rings is 1. The van der Waals surface area contributed by atoms with Gasteiger partial charge in [0.2, 0.25) is 0 Å². The van der Waals surface area contributed by atoms with Crippen LogP contribution in [0.4, 0.5) is 5.69 Å². The summed E-state index contributed by atoms with van der Waals surface area (Å²) < 4.78 is 3.35. The minimum Gasteiger partial charge on any atom is -0.316 e. The molecule has 128 valence electrons. The lowest BCUT2D eigenvalue weighted by Gasteiger charge is -2.03. The van der Waals surface area contributed by atoms with Crippen LogP contribution >= 0.6 is 27.3 Å². The molecule has 0 aliphatic carbocycles. The Morgan fingerprint density at radius 1 is 1.32 bits per heavy atom. The summed E-state index contributed by atoms with van der Waals surface area (Å²) in [6.07, 6.45) is 0.860. The van der Waals surface area contributed by atoms with Crippen molar-refractivity contribution in [3.05, 3.63) is 67.4 Å². The molecule has 0 saturated heterocycles. The first-order valence-electron chi connectivity index (χ1n) is 7.62. The van der Waals surface area contributed by atoms with E-state index in [1.807, 2.05) is 17.6 Å². The molecule has 0 aliphatic heterocycles. The van der Waals surface area contributed by atoms with Gasteiger partial charge in [0.25, 0.3) is 11.6 Å². The molecule has 0 radical (unpaired) electrons. The van der Waals surface area contributed by atoms with E-state index in [-0.39, 0.29) is 11.6 Å². The number of nitrogens with zero attached hydrogens (tertiary/aromatic N) is 3. The number of benzene rings is 2. The normalized spacial score (nSPS) is 11.8. The van der Waals surface area contributed by atoms with E-state index in [0.29, 0.717) is 21.4 Å². The first-order chi connectivity index (χ1) is 12.0. The first-order valence-corrected chi connectivity index (χ1v) is 9.23. The zero-order valence-electron chi connectivity index (χ0n) is 13.3. The van der Waals surface area contributed by atoms with Gasteiger partial charge in [0.05, 0.1) is 20.7 Å². The molecule has 3 rings (SSSR count). The summed E-state index contributed by atoms with van der Waals surface area (Å²) in [5.74, 6) is -0.349. The Morgan fingerprint density at radius 2 is 2.08 bits per heavy atom. The van der Waals surface area contributed by atoms with E-state index in [9.17, 15) is 14.9 Å². The van der Waals surface area contributed by atoms with Crippen LogP contribution in [0.3, 0.4) is 0 Å². The van der Waals surface area contributed by atoms with Crippen molar-refractivity contribution in [3.63, 3.8) is 0 Å². The van der Waals surface area contributed by atoms with E-state index in [4.69, 9.17) is 0 Å². The van der Waals surface area contributed by atoms with Crippen LogP contribution in [0.2, 0.25) is 0 Å². The summed E-state index contributed by atoms with van der Waals surface area (Å²) in [7, 11) is 0. The van der Waals surface area contributed by atoms with Crippen molar-refractivity contribution >= 4 is 49.1 Å². The largest absolute Gasteiger partial charge is 0.316 e. The second kappa shape index (κ2) is 7.28. The fraction of sp³-hybridized carbons (Fsp3) is 0.176. The highest BCUT2D eigenvalue weighted by molar-refractivity contribution is 9.10. The number of non-ortho nitro benzene ring substituents is 1. The summed E-state index contributed by atoms with van der Waals surface area (Å²) in [6, 6.07) is 11.8. The Bertz CT molecular complexity index is 1040. The topological polar surface area (TPSA) is 77.5 Å². The van der Waals surface area contributed by atoms with Gasteiger partial charge >= 0.3 is 0 Å². The van der Waals surface area contributed by atoms with E-state index in [0.717, 1.165) is 16.6 Å². The molecule has 0 atom stereocenters. The van der Waals surface area contributed by atoms with Gasteiger partial charge in [-0.05, 0) is 40.5 Å². The van der Waals surface area contributed by atoms with Crippen LogP contribution in [-0.2, 0) is 6.54 Å². The summed E-state index contributed by atoms with van der Waals surface area (Å²) in [5, 5.41) is 11.0. The molecule has 6 nitrogen and oxygen atoms in total. The molecular formula is C17H14BrN3O3S. The van der Waals surface area contributed by atoms with Gasteiger partial charge in [-0.1, -0.05) is 30.4 Å². The number of rotatable bonds is 4. The summed E-state index contributed by atoms with van der Waals surface area (Å²) >= 11 is 4.64. The Balaban J connectivity index is 2.17. The highest BCUT2D eigenvalue weighted by Gasteiger charge is 2.13. The maximum Gasteiger partial charge on any atom is 0.280 e. The molecule has 1 aromatic heterocycles. The van der Waals surface area contributed by atoms with E-state index in [2.05, 4.69) is 20.9 Å². The van der Waals surface area contributed by atoms with Crippen molar-refractivity contribution < 1.29 is 9.72 Å². The molecule has 0 unspecified atom stereocenters. The van der Waals surface area contributed by atoms with Crippen LogP contribution in [0.15, 0.2) is 51.9 Å². The smallest absolute Gasteiger partial charge is 0.280 e. The number of aromatic nitrogens is 1. The molecule has 1 amide bonds. The Hall–Kier alpha value is -2.32. The Kier molecular flexibility index (Phi) is 5.10. The third kappa shape index (κ3) is 3.54. The lowest BCUT2D eigenvalue weighted by Crippen LogP contribution is -2.17. The molecule has 0 fully saturated rings. The highest BCUT2D eigenvalue weighted by atomic mass is 79.9. The third-order valence-electron chi connectivity index (χ3n) is 3.63. The lowest BCUT2D eigenvalue weighted by molar-refractivity contribution is -0.384. The third-order valence-corrected chi connectivity index (χ3v) is 5.36. The van der Waals surface area contributed by atoms with Gasteiger partial charge < -0.3 is 4.57 Å². The molecule has 0 saturated carbocycles. The van der Waals surface area contributed by atoms with E-state index < -0.39 is 4.92 Å². The summed E-state index contributed by atoms with van der Waals surface area (Å²) in [6.45, 7) is 2.71. The molecule has 0 bridgehead atoms. The molecule has 1 heterocycles. The van der Waals surface area contributed by atoms with Gasteiger partial charge in [0.1, 0.15) is 0 Å². The zero-order valence-corrected chi connectivity index (χ0v) is 15.7. The van der Waals surface area contributed by atoms with Crippen molar-refractivity contribution in [2.45, 2.75) is 19.9 Å². The van der Waals surface area contributed by atoms with Crippen molar-refractivity contribution in [3.8, 4) is 0 Å². The second-order valence-electron chi connectivity index (χ2n) is 5.34. The molecular weight excluding hydrogens is 406 g/mol. The minimum atomic E-state index is -0.424. The van der Waals surface area contributed by atoms with E-state index >= 15 is 0 Å². The number of hydrogen-bond acceptors (Lipinski definition) is 4. The number of halogens is 1. The molecule has 25 heavy (non-hydrogen) atoms. The number of aryl methyl sites for hydroxylation is 1. The zero-order chi connectivity index (χ0) is 18.0. The number of carbonyl (C=O) groups is 1. The standard InChI is InChI=1S/C17H14BrN3O3S/c1-2-9-20-14-8-7-11(21(23)24)10-15(14)25-17(20)19-16(22)12-5-3-4-6-13(12)18/h3-8,10H,2,9H2,1H3. The predicted octanol–water partition coefficient (Wildman–Crippen LogP) is 4.52. The number of hydrogen-bond donors (Lipinski definition) is 0. The van der Waals surface area contributed by atoms with Crippen LogP contribution < -0.4 is 4.80 Å². The van der Waals surface area contributed by atoms with Crippen LogP contribution in [0.25, 0.3) is 10.2 Å². The maximum absolute atomic E-state index is 12.5. The van der Waals surface area contributed by atoms with Crippen LogP contribution in [-0.4, -0.2) is 15.4 Å². The molecule has 0 aliphatic rings. The first kappa shape index (κ1) is 17.5. The molecule has 8 heteroatoms. The second-order valence-corrected chi connectivity index (χ2v) is 7.21. The number of amides is 1. The van der Waals surface area contributed by atoms with E-state index in [1.165, 1.54) is 23.5 Å². The van der Waals surface area contributed by atoms with Gasteiger partial charge in [-0.25, -0.2) is 0 Å². The van der Waals surface area contributed by atoms with Crippen molar-refractivity contribution in [2.75, 3.05) is 0 Å². The monoisotopic (exact) mass is 419 g/mol. The maximum atomic E-state index is 12.5. The molecule has 2 aromatic carbocycles. The number of carbonyl (C=O) groups excluding carboxylic acids is 1. The Labute approximate surface area is 155 Å². The predicted molar refractivity (Wildman–Crippen MR) is 101 cm³/mol. The molecule has 3 aromatic rings. The van der Waals surface area contributed by atoms with E-state index in [1.54, 1.807) is 24.3 Å². The van der Waals surface area contributed by atoms with Gasteiger partial charge in [0, 0.05) is 23.2 Å². The van der Waals surface area contributed by atoms with Crippen LogP contribution in [0.5, 0.6) is 0 Å². The van der Waals surface area contributed by atoms with Crippen LogP contribution in [0.1, 0.15) is 23.7 Å². The highest BCUT2D eigenvalue weighted by Crippen LogP contribution is 2.24. The average Bonchev–Trinajstić information content (AvgIpc) is 2.92. The number of nitro groups is 1. The number of fused-ring (bicyclic) bond motifs is 1. The summed E-state index contributed by atoms with van der Waals surface area (Å²) in [4.78, 5) is 27.9.